The number of fused-ring (bicyclic) bond motifs is 1. The fourth-order valence-electron chi connectivity index (χ4n) is 1.94. The maximum Gasteiger partial charge on any atom is 0.165 e. The van der Waals surface area contributed by atoms with Gasteiger partial charge in [-0.3, -0.25) is 0 Å². The number of aryl methyl sites for hydroxylation is 1. The van der Waals surface area contributed by atoms with Crippen molar-refractivity contribution in [3.8, 4) is 0 Å². The smallest absolute Gasteiger partial charge is 0.165 e. The standard InChI is InChI=1S/C10H13N5S/c1-14-7-13-8-9(14)11-6-12-10(8)15-2-4-16-5-3-15/h6-7H,2-5H2,1H3. The molecule has 3 rings (SSSR count). The Morgan fingerprint density at radius 1 is 1.19 bits per heavy atom. The van der Waals surface area contributed by atoms with Crippen LogP contribution in [0, 0.1) is 0 Å². The second-order valence-corrected chi connectivity index (χ2v) is 5.05. The van der Waals surface area contributed by atoms with E-state index in [1.165, 1.54) is 11.5 Å². The predicted octanol–water partition coefficient (Wildman–Crippen LogP) is 0.916. The fraction of sp³-hybridized carbons (Fsp3) is 0.500. The summed E-state index contributed by atoms with van der Waals surface area (Å²) in [6.45, 7) is 2.10. The SMILES string of the molecule is Cn1cnc2c(N3CCSCC3)ncnc21. The van der Waals surface area contributed by atoms with Gasteiger partial charge in [0.05, 0.1) is 6.33 Å². The van der Waals surface area contributed by atoms with Crippen molar-refractivity contribution in [2.75, 3.05) is 29.5 Å². The molecular weight excluding hydrogens is 222 g/mol. The van der Waals surface area contributed by atoms with Gasteiger partial charge in [-0.05, 0) is 0 Å². The molecule has 0 atom stereocenters. The molecule has 84 valence electrons. The molecule has 0 amide bonds. The van der Waals surface area contributed by atoms with E-state index in [4.69, 9.17) is 0 Å². The normalized spacial score (nSPS) is 16.9. The Hall–Kier alpha value is -1.30. The summed E-state index contributed by atoms with van der Waals surface area (Å²) in [6, 6.07) is 0. The van der Waals surface area contributed by atoms with Crippen LogP contribution in [-0.2, 0) is 7.05 Å². The first-order valence-corrected chi connectivity index (χ1v) is 6.46. The summed E-state index contributed by atoms with van der Waals surface area (Å²) in [5.41, 5.74) is 1.82. The summed E-state index contributed by atoms with van der Waals surface area (Å²) in [7, 11) is 1.96. The molecule has 3 heterocycles. The molecule has 0 unspecified atom stereocenters. The van der Waals surface area contributed by atoms with Gasteiger partial charge < -0.3 is 9.47 Å². The average Bonchev–Trinajstić information content (AvgIpc) is 2.73. The molecule has 16 heavy (non-hydrogen) atoms. The molecule has 1 fully saturated rings. The Morgan fingerprint density at radius 3 is 2.81 bits per heavy atom. The summed E-state index contributed by atoms with van der Waals surface area (Å²) in [4.78, 5) is 15.3. The first kappa shape index (κ1) is 9.89. The molecule has 0 bridgehead atoms. The Kier molecular flexibility index (Phi) is 2.43. The first-order valence-electron chi connectivity index (χ1n) is 5.31. The summed E-state index contributed by atoms with van der Waals surface area (Å²) in [5, 5.41) is 0. The Labute approximate surface area is 97.9 Å². The van der Waals surface area contributed by atoms with Gasteiger partial charge in [0.2, 0.25) is 0 Å². The molecule has 2 aromatic heterocycles. The van der Waals surface area contributed by atoms with Gasteiger partial charge in [0, 0.05) is 31.6 Å². The summed E-state index contributed by atoms with van der Waals surface area (Å²) >= 11 is 1.99. The van der Waals surface area contributed by atoms with Crippen LogP contribution >= 0.6 is 11.8 Å². The highest BCUT2D eigenvalue weighted by molar-refractivity contribution is 7.99. The monoisotopic (exact) mass is 235 g/mol. The topological polar surface area (TPSA) is 46.8 Å². The molecule has 2 aromatic rings. The van der Waals surface area contributed by atoms with E-state index < -0.39 is 0 Å². The van der Waals surface area contributed by atoms with E-state index in [-0.39, 0.29) is 0 Å². The second kappa shape index (κ2) is 3.93. The van der Waals surface area contributed by atoms with Gasteiger partial charge in [-0.1, -0.05) is 0 Å². The van der Waals surface area contributed by atoms with Crippen molar-refractivity contribution in [1.82, 2.24) is 19.5 Å². The van der Waals surface area contributed by atoms with E-state index >= 15 is 0 Å². The number of imidazole rings is 1. The van der Waals surface area contributed by atoms with Crippen LogP contribution in [0.25, 0.3) is 11.2 Å². The van der Waals surface area contributed by atoms with Gasteiger partial charge in [-0.25, -0.2) is 15.0 Å². The minimum Gasteiger partial charge on any atom is -0.353 e. The highest BCUT2D eigenvalue weighted by Crippen LogP contribution is 2.23. The van der Waals surface area contributed by atoms with E-state index in [9.17, 15) is 0 Å². The molecule has 0 radical (unpaired) electrons. The third-order valence-electron chi connectivity index (χ3n) is 2.79. The van der Waals surface area contributed by atoms with E-state index in [0.717, 1.165) is 30.1 Å². The van der Waals surface area contributed by atoms with E-state index in [1.807, 2.05) is 23.4 Å². The van der Waals surface area contributed by atoms with E-state index in [1.54, 1.807) is 12.7 Å². The number of nitrogens with zero attached hydrogens (tertiary/aromatic N) is 5. The first-order chi connectivity index (χ1) is 7.86. The third kappa shape index (κ3) is 1.53. The Bertz CT molecular complexity index is 503. The van der Waals surface area contributed by atoms with Crippen LogP contribution in [0.5, 0.6) is 0 Å². The maximum absolute atomic E-state index is 4.38. The van der Waals surface area contributed by atoms with Crippen LogP contribution in [0.1, 0.15) is 0 Å². The van der Waals surface area contributed by atoms with Gasteiger partial charge in [-0.2, -0.15) is 11.8 Å². The predicted molar refractivity (Wildman–Crippen MR) is 65.8 cm³/mol. The van der Waals surface area contributed by atoms with Crippen LogP contribution in [0.2, 0.25) is 0 Å². The van der Waals surface area contributed by atoms with Gasteiger partial charge in [-0.15, -0.1) is 0 Å². The molecule has 0 spiro atoms. The number of rotatable bonds is 1. The fourth-order valence-corrected chi connectivity index (χ4v) is 2.84. The van der Waals surface area contributed by atoms with E-state index in [2.05, 4.69) is 19.9 Å². The molecule has 0 N–H and O–H groups in total. The van der Waals surface area contributed by atoms with Gasteiger partial charge in [0.15, 0.2) is 17.0 Å². The molecule has 1 aliphatic rings. The Morgan fingerprint density at radius 2 is 2.00 bits per heavy atom. The number of thioether (sulfide) groups is 1. The van der Waals surface area contributed by atoms with Gasteiger partial charge >= 0.3 is 0 Å². The molecule has 0 saturated carbocycles. The van der Waals surface area contributed by atoms with Crippen LogP contribution < -0.4 is 4.90 Å². The van der Waals surface area contributed by atoms with Crippen LogP contribution in [0.4, 0.5) is 5.82 Å². The number of aromatic nitrogens is 4. The lowest BCUT2D eigenvalue weighted by molar-refractivity contribution is 0.839. The number of hydrogen-bond donors (Lipinski definition) is 0. The van der Waals surface area contributed by atoms with Crippen molar-refractivity contribution in [2.45, 2.75) is 0 Å². The molecular formula is C10H13N5S. The van der Waals surface area contributed by atoms with Crippen molar-refractivity contribution in [2.24, 2.45) is 7.05 Å². The van der Waals surface area contributed by atoms with Crippen molar-refractivity contribution in [1.29, 1.82) is 0 Å². The Balaban J connectivity index is 2.08. The quantitative estimate of drug-likeness (QED) is 0.735. The van der Waals surface area contributed by atoms with E-state index in [0.29, 0.717) is 0 Å². The number of hydrogen-bond acceptors (Lipinski definition) is 5. The zero-order chi connectivity index (χ0) is 11.0. The van der Waals surface area contributed by atoms with Crippen LogP contribution in [0.3, 0.4) is 0 Å². The minimum atomic E-state index is 0.906. The zero-order valence-corrected chi connectivity index (χ0v) is 9.94. The lowest BCUT2D eigenvalue weighted by Gasteiger charge is -2.27. The molecule has 6 heteroatoms. The van der Waals surface area contributed by atoms with Crippen LogP contribution in [0.15, 0.2) is 12.7 Å². The lowest BCUT2D eigenvalue weighted by atomic mass is 10.4. The van der Waals surface area contributed by atoms with Crippen molar-refractivity contribution in [3.63, 3.8) is 0 Å². The average molecular weight is 235 g/mol. The minimum absolute atomic E-state index is 0.906. The molecule has 0 aliphatic carbocycles. The maximum atomic E-state index is 4.38. The molecule has 1 aliphatic heterocycles. The van der Waals surface area contributed by atoms with Gasteiger partial charge in [0.1, 0.15) is 6.33 Å². The van der Waals surface area contributed by atoms with Crippen molar-refractivity contribution < 1.29 is 0 Å². The van der Waals surface area contributed by atoms with Gasteiger partial charge in [0.25, 0.3) is 0 Å². The molecule has 1 saturated heterocycles. The zero-order valence-electron chi connectivity index (χ0n) is 9.13. The number of anilines is 1. The van der Waals surface area contributed by atoms with Crippen molar-refractivity contribution in [3.05, 3.63) is 12.7 Å². The third-order valence-corrected chi connectivity index (χ3v) is 3.73. The summed E-state index contributed by atoms with van der Waals surface area (Å²) in [6.07, 6.45) is 3.42. The second-order valence-electron chi connectivity index (χ2n) is 3.82. The van der Waals surface area contributed by atoms with Crippen LogP contribution in [-0.4, -0.2) is 44.1 Å². The lowest BCUT2D eigenvalue weighted by Crippen LogP contribution is -2.33. The molecule has 5 nitrogen and oxygen atoms in total. The van der Waals surface area contributed by atoms with Crippen molar-refractivity contribution >= 4 is 28.7 Å². The largest absolute Gasteiger partial charge is 0.353 e. The highest BCUT2D eigenvalue weighted by Gasteiger charge is 2.17. The molecule has 0 aromatic carbocycles. The summed E-state index contributed by atoms with van der Waals surface area (Å²) in [5.74, 6) is 3.31. The highest BCUT2D eigenvalue weighted by atomic mass is 32.2. The summed E-state index contributed by atoms with van der Waals surface area (Å²) < 4.78 is 1.93.